The van der Waals surface area contributed by atoms with Crippen LogP contribution in [-0.2, 0) is 19.1 Å². The van der Waals surface area contributed by atoms with Crippen LogP contribution >= 0.6 is 0 Å². The lowest BCUT2D eigenvalue weighted by molar-refractivity contribution is -0.142. The highest BCUT2D eigenvalue weighted by Crippen LogP contribution is 2.21. The Morgan fingerprint density at radius 2 is 0.917 bits per heavy atom. The fourth-order valence-corrected chi connectivity index (χ4v) is 2.25. The van der Waals surface area contributed by atoms with Gasteiger partial charge in [-0.05, 0) is 38.5 Å². The molecule has 0 atom stereocenters. The molecule has 4 heteroatoms. The van der Waals surface area contributed by atoms with E-state index in [1.165, 1.54) is 0 Å². The number of unbranched alkanes of at least 4 members (excludes halogenated alkanes) is 4. The Kier molecular flexibility index (Phi) is 14.4. The summed E-state index contributed by atoms with van der Waals surface area (Å²) in [6.07, 6.45) is 8.50. The Bertz CT molecular complexity index is 349. The molecule has 0 N–H and O–H groups in total. The van der Waals surface area contributed by atoms with Gasteiger partial charge in [0.2, 0.25) is 0 Å². The molecule has 0 aromatic heterocycles. The Morgan fingerprint density at radius 3 is 1.21 bits per heavy atom. The maximum Gasteiger partial charge on any atom is 0.334 e. The summed E-state index contributed by atoms with van der Waals surface area (Å²) >= 11 is 0. The van der Waals surface area contributed by atoms with Crippen LogP contribution in [0.1, 0.15) is 91.9 Å². The summed E-state index contributed by atoms with van der Waals surface area (Å²) in [5.41, 5.74) is 1.06. The van der Waals surface area contributed by atoms with E-state index >= 15 is 0 Å². The quantitative estimate of drug-likeness (QED) is 0.243. The van der Waals surface area contributed by atoms with Gasteiger partial charge < -0.3 is 9.47 Å². The summed E-state index contributed by atoms with van der Waals surface area (Å²) in [4.78, 5) is 25.0. The second-order valence-electron chi connectivity index (χ2n) is 6.14. The number of hydrogen-bond donors (Lipinski definition) is 0. The van der Waals surface area contributed by atoms with Crippen molar-refractivity contribution in [1.82, 2.24) is 0 Å². The molecular weight excluding hydrogens is 304 g/mol. The molecule has 0 radical (unpaired) electrons. The first-order chi connectivity index (χ1) is 11.6. The molecular formula is C20H36O4. The maximum absolute atomic E-state index is 12.5. The van der Waals surface area contributed by atoms with Crippen LogP contribution in [0.15, 0.2) is 11.1 Å². The smallest absolute Gasteiger partial charge is 0.334 e. The van der Waals surface area contributed by atoms with Crippen LogP contribution in [0.4, 0.5) is 0 Å². The highest BCUT2D eigenvalue weighted by atomic mass is 16.5. The predicted octanol–water partition coefficient (Wildman–Crippen LogP) is 5.35. The number of carbonyl (C=O) groups excluding carboxylic acids is 2. The van der Waals surface area contributed by atoms with Crippen LogP contribution < -0.4 is 0 Å². The minimum absolute atomic E-state index is 0.338. The van der Waals surface area contributed by atoms with Crippen molar-refractivity contribution in [2.24, 2.45) is 0 Å². The van der Waals surface area contributed by atoms with Gasteiger partial charge in [-0.1, -0.05) is 53.4 Å². The van der Waals surface area contributed by atoms with Gasteiger partial charge in [0.1, 0.15) is 0 Å². The third-order valence-corrected chi connectivity index (χ3v) is 3.88. The van der Waals surface area contributed by atoms with Crippen LogP contribution in [0.2, 0.25) is 0 Å². The first-order valence-electron chi connectivity index (χ1n) is 9.68. The Balaban J connectivity index is 5.25. The summed E-state index contributed by atoms with van der Waals surface area (Å²) < 4.78 is 10.7. The highest BCUT2D eigenvalue weighted by Gasteiger charge is 2.22. The largest absolute Gasteiger partial charge is 0.462 e. The number of carbonyl (C=O) groups is 2. The van der Waals surface area contributed by atoms with E-state index in [-0.39, 0.29) is 11.9 Å². The summed E-state index contributed by atoms with van der Waals surface area (Å²) in [5, 5.41) is 0. The highest BCUT2D eigenvalue weighted by molar-refractivity contribution is 6.00. The second kappa shape index (κ2) is 15.2. The molecule has 0 aromatic rings. The zero-order chi connectivity index (χ0) is 18.2. The molecule has 0 aliphatic rings. The van der Waals surface area contributed by atoms with E-state index in [1.54, 1.807) is 0 Å². The molecule has 0 saturated heterocycles. The lowest BCUT2D eigenvalue weighted by Gasteiger charge is -2.14. The van der Waals surface area contributed by atoms with E-state index in [1.807, 2.05) is 0 Å². The molecule has 0 aromatic carbocycles. The fourth-order valence-electron chi connectivity index (χ4n) is 2.25. The topological polar surface area (TPSA) is 52.6 Å². The Hall–Kier alpha value is -1.32. The van der Waals surface area contributed by atoms with Crippen molar-refractivity contribution in [3.05, 3.63) is 11.1 Å². The summed E-state index contributed by atoms with van der Waals surface area (Å²) in [7, 11) is 0. The first kappa shape index (κ1) is 22.7. The molecule has 0 bridgehead atoms. The van der Waals surface area contributed by atoms with Gasteiger partial charge in [0.05, 0.1) is 13.2 Å². The van der Waals surface area contributed by atoms with E-state index in [0.29, 0.717) is 37.2 Å². The lowest BCUT2D eigenvalue weighted by Crippen LogP contribution is -2.18. The lowest BCUT2D eigenvalue weighted by atomic mass is 9.98. The van der Waals surface area contributed by atoms with Gasteiger partial charge in [-0.3, -0.25) is 0 Å². The average Bonchev–Trinajstić information content (AvgIpc) is 2.58. The minimum atomic E-state index is -0.338. The van der Waals surface area contributed by atoms with Crippen LogP contribution in [0.25, 0.3) is 0 Å². The van der Waals surface area contributed by atoms with Crippen molar-refractivity contribution in [1.29, 1.82) is 0 Å². The maximum atomic E-state index is 12.5. The molecule has 0 unspecified atom stereocenters. The van der Waals surface area contributed by atoms with Gasteiger partial charge in [-0.2, -0.15) is 0 Å². The standard InChI is InChI=1S/C20H36O4/c1-5-9-13-17(19(21)23-15-11-7-3)18(14-10-6-2)20(22)24-16-12-8-4/h5-16H2,1-4H3/b18-17-. The third-order valence-electron chi connectivity index (χ3n) is 3.88. The fraction of sp³-hybridized carbons (Fsp3) is 0.800. The average molecular weight is 341 g/mol. The van der Waals surface area contributed by atoms with Gasteiger partial charge in [0.15, 0.2) is 0 Å². The zero-order valence-corrected chi connectivity index (χ0v) is 16.1. The monoisotopic (exact) mass is 340 g/mol. The summed E-state index contributed by atoms with van der Waals surface area (Å²) in [5.74, 6) is -0.675. The molecule has 0 aliphatic carbocycles. The van der Waals surface area contributed by atoms with Crippen LogP contribution in [0, 0.1) is 0 Å². The van der Waals surface area contributed by atoms with Crippen LogP contribution in [-0.4, -0.2) is 25.2 Å². The van der Waals surface area contributed by atoms with E-state index in [2.05, 4.69) is 27.7 Å². The van der Waals surface area contributed by atoms with E-state index < -0.39 is 0 Å². The Labute approximate surface area is 148 Å². The predicted molar refractivity (Wildman–Crippen MR) is 97.8 cm³/mol. The number of hydrogen-bond acceptors (Lipinski definition) is 4. The van der Waals surface area contributed by atoms with E-state index in [9.17, 15) is 9.59 Å². The van der Waals surface area contributed by atoms with Crippen molar-refractivity contribution in [2.45, 2.75) is 91.9 Å². The van der Waals surface area contributed by atoms with Crippen molar-refractivity contribution in [2.75, 3.05) is 13.2 Å². The molecule has 0 saturated carbocycles. The molecule has 0 rings (SSSR count). The van der Waals surface area contributed by atoms with Crippen molar-refractivity contribution in [3.63, 3.8) is 0 Å². The number of ether oxygens (including phenoxy) is 2. The number of esters is 2. The van der Waals surface area contributed by atoms with Gasteiger partial charge in [0.25, 0.3) is 0 Å². The molecule has 0 aliphatic heterocycles. The number of rotatable bonds is 14. The molecule has 140 valence electrons. The van der Waals surface area contributed by atoms with E-state index in [4.69, 9.17) is 9.47 Å². The molecule has 0 heterocycles. The Morgan fingerprint density at radius 1 is 0.583 bits per heavy atom. The SMILES string of the molecule is CCCCOC(=O)/C(CCCC)=C(/CCCC)C(=O)OCCCC. The van der Waals surface area contributed by atoms with Crippen LogP contribution in [0.3, 0.4) is 0 Å². The minimum Gasteiger partial charge on any atom is -0.462 e. The van der Waals surface area contributed by atoms with Gasteiger partial charge in [-0.25, -0.2) is 9.59 Å². The molecule has 0 amide bonds. The van der Waals surface area contributed by atoms with Crippen molar-refractivity contribution >= 4 is 11.9 Å². The van der Waals surface area contributed by atoms with E-state index in [0.717, 1.165) is 51.4 Å². The second-order valence-corrected chi connectivity index (χ2v) is 6.14. The van der Waals surface area contributed by atoms with Crippen LogP contribution in [0.5, 0.6) is 0 Å². The normalized spacial score (nSPS) is 11.8. The summed E-state index contributed by atoms with van der Waals surface area (Å²) in [6, 6.07) is 0. The third kappa shape index (κ3) is 9.74. The summed E-state index contributed by atoms with van der Waals surface area (Å²) in [6.45, 7) is 9.09. The van der Waals surface area contributed by atoms with Gasteiger partial charge in [0, 0.05) is 11.1 Å². The van der Waals surface area contributed by atoms with Crippen molar-refractivity contribution in [3.8, 4) is 0 Å². The molecule has 0 fully saturated rings. The molecule has 0 spiro atoms. The first-order valence-corrected chi connectivity index (χ1v) is 9.68. The van der Waals surface area contributed by atoms with Gasteiger partial charge in [-0.15, -0.1) is 0 Å². The van der Waals surface area contributed by atoms with Gasteiger partial charge >= 0.3 is 11.9 Å². The molecule has 24 heavy (non-hydrogen) atoms. The molecule has 4 nitrogen and oxygen atoms in total. The zero-order valence-electron chi connectivity index (χ0n) is 16.1. The van der Waals surface area contributed by atoms with Crippen molar-refractivity contribution < 1.29 is 19.1 Å².